The molecule has 1 atom stereocenters. The molecule has 1 aromatic rings. The fraction of sp³-hybridized carbons (Fsp3) is 0.588. The highest BCUT2D eigenvalue weighted by Crippen LogP contribution is 2.24. The lowest BCUT2D eigenvalue weighted by atomic mass is 10.0. The van der Waals surface area contributed by atoms with E-state index in [4.69, 9.17) is 0 Å². The summed E-state index contributed by atoms with van der Waals surface area (Å²) in [4.78, 5) is 14.4. The third-order valence-electron chi connectivity index (χ3n) is 4.75. The zero-order chi connectivity index (χ0) is 16.4. The van der Waals surface area contributed by atoms with Gasteiger partial charge in [-0.3, -0.25) is 4.79 Å². The van der Waals surface area contributed by atoms with Crippen LogP contribution in [0, 0.1) is 5.92 Å². The van der Waals surface area contributed by atoms with Crippen LogP contribution in [0.3, 0.4) is 0 Å². The van der Waals surface area contributed by atoms with Crippen molar-refractivity contribution in [3.8, 4) is 0 Å². The molecular weight excluding hydrogens is 312 g/mol. The van der Waals surface area contributed by atoms with Crippen LogP contribution in [0.5, 0.6) is 0 Å². The molecule has 2 aliphatic rings. The van der Waals surface area contributed by atoms with Crippen LogP contribution in [0.15, 0.2) is 29.2 Å². The number of hydrogen-bond acceptors (Lipinski definition) is 3. The van der Waals surface area contributed by atoms with Gasteiger partial charge in [-0.15, -0.1) is 0 Å². The maximum absolute atomic E-state index is 12.7. The van der Waals surface area contributed by atoms with E-state index < -0.39 is 10.0 Å². The van der Waals surface area contributed by atoms with Gasteiger partial charge >= 0.3 is 0 Å². The molecule has 0 bridgehead atoms. The molecule has 0 N–H and O–H groups in total. The van der Waals surface area contributed by atoms with E-state index in [0.717, 1.165) is 38.8 Å². The number of carbonyl (C=O) groups excluding carboxylic acids is 1. The third-order valence-corrected chi connectivity index (χ3v) is 6.63. The van der Waals surface area contributed by atoms with Crippen molar-refractivity contribution in [3.05, 3.63) is 29.8 Å². The van der Waals surface area contributed by atoms with Crippen molar-refractivity contribution in [2.24, 2.45) is 5.92 Å². The molecule has 1 aromatic carbocycles. The predicted octanol–water partition coefficient (Wildman–Crippen LogP) is 2.34. The van der Waals surface area contributed by atoms with E-state index in [0.29, 0.717) is 24.6 Å². The summed E-state index contributed by atoms with van der Waals surface area (Å²) in [5.41, 5.74) is 0.567. The number of likely N-dealkylation sites (tertiary alicyclic amines) is 1. The first-order chi connectivity index (χ1) is 11.0. The van der Waals surface area contributed by atoms with Gasteiger partial charge in [0.05, 0.1) is 4.90 Å². The van der Waals surface area contributed by atoms with Crippen molar-refractivity contribution in [3.63, 3.8) is 0 Å². The van der Waals surface area contributed by atoms with Crippen molar-refractivity contribution in [2.75, 3.05) is 26.2 Å². The SMILES string of the molecule is CC1CCCN(S(=O)(=O)c2ccc(C(=O)N3CCCC3)cc2)C1. The Bertz CT molecular complexity index is 664. The van der Waals surface area contributed by atoms with E-state index in [1.54, 1.807) is 28.6 Å². The lowest BCUT2D eigenvalue weighted by Crippen LogP contribution is -2.39. The smallest absolute Gasteiger partial charge is 0.253 e. The van der Waals surface area contributed by atoms with Crippen LogP contribution in [-0.2, 0) is 10.0 Å². The minimum Gasteiger partial charge on any atom is -0.339 e. The molecule has 1 unspecified atom stereocenters. The van der Waals surface area contributed by atoms with Gasteiger partial charge < -0.3 is 4.90 Å². The fourth-order valence-electron chi connectivity index (χ4n) is 3.39. The number of amides is 1. The average molecular weight is 336 g/mol. The van der Waals surface area contributed by atoms with Gasteiger partial charge in [0, 0.05) is 31.7 Å². The summed E-state index contributed by atoms with van der Waals surface area (Å²) in [5, 5.41) is 0. The second-order valence-corrected chi connectivity index (χ2v) is 8.57. The number of rotatable bonds is 3. The van der Waals surface area contributed by atoms with Crippen LogP contribution in [0.4, 0.5) is 0 Å². The van der Waals surface area contributed by atoms with Gasteiger partial charge in [-0.2, -0.15) is 4.31 Å². The maximum atomic E-state index is 12.7. The fourth-order valence-corrected chi connectivity index (χ4v) is 4.98. The normalized spacial score (nSPS) is 23.2. The molecule has 0 radical (unpaired) electrons. The van der Waals surface area contributed by atoms with Crippen LogP contribution in [0.25, 0.3) is 0 Å². The van der Waals surface area contributed by atoms with Crippen molar-refractivity contribution in [2.45, 2.75) is 37.5 Å². The van der Waals surface area contributed by atoms with Crippen LogP contribution in [0.1, 0.15) is 43.0 Å². The highest BCUT2D eigenvalue weighted by molar-refractivity contribution is 7.89. The molecule has 2 fully saturated rings. The molecule has 126 valence electrons. The number of benzene rings is 1. The van der Waals surface area contributed by atoms with Gasteiger partial charge in [0.15, 0.2) is 0 Å². The number of sulfonamides is 1. The Morgan fingerprint density at radius 3 is 2.30 bits per heavy atom. The van der Waals surface area contributed by atoms with E-state index in [9.17, 15) is 13.2 Å². The second-order valence-electron chi connectivity index (χ2n) is 6.63. The number of carbonyl (C=O) groups is 1. The Hall–Kier alpha value is -1.40. The summed E-state index contributed by atoms with van der Waals surface area (Å²) in [7, 11) is -3.45. The van der Waals surface area contributed by atoms with Gasteiger partial charge in [0.1, 0.15) is 0 Å². The van der Waals surface area contributed by atoms with E-state index in [2.05, 4.69) is 6.92 Å². The zero-order valence-corrected chi connectivity index (χ0v) is 14.4. The van der Waals surface area contributed by atoms with Crippen LogP contribution < -0.4 is 0 Å². The summed E-state index contributed by atoms with van der Waals surface area (Å²) < 4.78 is 27.0. The molecule has 0 saturated carbocycles. The predicted molar refractivity (Wildman–Crippen MR) is 88.7 cm³/mol. The molecule has 3 rings (SSSR count). The van der Waals surface area contributed by atoms with Crippen LogP contribution >= 0.6 is 0 Å². The molecule has 1 amide bonds. The van der Waals surface area contributed by atoms with Crippen molar-refractivity contribution in [1.82, 2.24) is 9.21 Å². The molecule has 23 heavy (non-hydrogen) atoms. The van der Waals surface area contributed by atoms with Crippen molar-refractivity contribution < 1.29 is 13.2 Å². The summed E-state index contributed by atoms with van der Waals surface area (Å²) in [5.74, 6) is 0.396. The first-order valence-corrected chi connectivity index (χ1v) is 9.82. The maximum Gasteiger partial charge on any atom is 0.253 e. The van der Waals surface area contributed by atoms with Gasteiger partial charge in [0.2, 0.25) is 10.0 Å². The standard InChI is InChI=1S/C17H24N2O3S/c1-14-5-4-12-19(13-14)23(21,22)16-8-6-15(7-9-16)17(20)18-10-2-3-11-18/h6-9,14H,2-5,10-13H2,1H3. The first kappa shape index (κ1) is 16.5. The average Bonchev–Trinajstić information content (AvgIpc) is 3.09. The molecule has 2 aliphatic heterocycles. The Balaban J connectivity index is 1.77. The Morgan fingerprint density at radius 1 is 1.04 bits per heavy atom. The lowest BCUT2D eigenvalue weighted by Gasteiger charge is -2.30. The second kappa shape index (κ2) is 6.61. The number of nitrogens with zero attached hydrogens (tertiary/aromatic N) is 2. The third kappa shape index (κ3) is 3.43. The van der Waals surface area contributed by atoms with Crippen LogP contribution in [-0.4, -0.2) is 49.7 Å². The highest BCUT2D eigenvalue weighted by Gasteiger charge is 2.29. The molecule has 2 heterocycles. The van der Waals surface area contributed by atoms with Gasteiger partial charge in [-0.25, -0.2) is 8.42 Å². The molecule has 2 saturated heterocycles. The zero-order valence-electron chi connectivity index (χ0n) is 13.6. The Labute approximate surface area is 138 Å². The molecule has 0 aromatic heterocycles. The van der Waals surface area contributed by atoms with Gasteiger partial charge in [-0.1, -0.05) is 6.92 Å². The van der Waals surface area contributed by atoms with Crippen molar-refractivity contribution >= 4 is 15.9 Å². The Kier molecular flexibility index (Phi) is 4.73. The van der Waals surface area contributed by atoms with E-state index in [1.165, 1.54) is 0 Å². The Morgan fingerprint density at radius 2 is 1.70 bits per heavy atom. The monoisotopic (exact) mass is 336 g/mol. The molecule has 6 heteroatoms. The largest absolute Gasteiger partial charge is 0.339 e. The molecular formula is C17H24N2O3S. The topological polar surface area (TPSA) is 57.7 Å². The van der Waals surface area contributed by atoms with Crippen molar-refractivity contribution in [1.29, 1.82) is 0 Å². The first-order valence-electron chi connectivity index (χ1n) is 8.38. The van der Waals surface area contributed by atoms with E-state index in [1.807, 2.05) is 4.90 Å². The minimum absolute atomic E-state index is 0.00181. The quantitative estimate of drug-likeness (QED) is 0.851. The number of hydrogen-bond donors (Lipinski definition) is 0. The summed E-state index contributed by atoms with van der Waals surface area (Å²) in [6.45, 7) is 4.84. The number of piperidine rings is 1. The lowest BCUT2D eigenvalue weighted by molar-refractivity contribution is 0.0792. The highest BCUT2D eigenvalue weighted by atomic mass is 32.2. The molecule has 0 aliphatic carbocycles. The molecule has 0 spiro atoms. The summed E-state index contributed by atoms with van der Waals surface area (Å²) >= 11 is 0. The van der Waals surface area contributed by atoms with Crippen LogP contribution in [0.2, 0.25) is 0 Å². The van der Waals surface area contributed by atoms with Gasteiger partial charge in [0.25, 0.3) is 5.91 Å². The van der Waals surface area contributed by atoms with Gasteiger partial charge in [-0.05, 0) is 55.9 Å². The molecule has 5 nitrogen and oxygen atoms in total. The summed E-state index contributed by atoms with van der Waals surface area (Å²) in [6, 6.07) is 6.41. The van der Waals surface area contributed by atoms with E-state index >= 15 is 0 Å². The minimum atomic E-state index is -3.45. The van der Waals surface area contributed by atoms with E-state index in [-0.39, 0.29) is 10.8 Å². The summed E-state index contributed by atoms with van der Waals surface area (Å²) in [6.07, 6.45) is 4.08.